The third-order valence-corrected chi connectivity index (χ3v) is 4.32. The van der Waals surface area contributed by atoms with E-state index in [0.717, 1.165) is 10.7 Å². The van der Waals surface area contributed by atoms with Gasteiger partial charge in [-0.1, -0.05) is 11.8 Å². The van der Waals surface area contributed by atoms with Gasteiger partial charge in [-0.05, 0) is 48.5 Å². The summed E-state index contributed by atoms with van der Waals surface area (Å²) in [5, 5.41) is 9.04. The van der Waals surface area contributed by atoms with Gasteiger partial charge in [0.2, 0.25) is 0 Å². The average molecular weight is 347 g/mol. The first-order valence-electron chi connectivity index (χ1n) is 7.30. The molecule has 0 aliphatic heterocycles. The maximum Gasteiger partial charge on any atom is 0.191 e. The Hall–Kier alpha value is -2.41. The van der Waals surface area contributed by atoms with Crippen LogP contribution >= 0.6 is 11.8 Å². The molecule has 0 unspecified atom stereocenters. The second-order valence-electron chi connectivity index (χ2n) is 5.02. The number of hydrogen-bond donors (Lipinski definition) is 0. The molecule has 1 aromatic heterocycles. The number of hydrogen-bond acceptors (Lipinski definition) is 4. The first-order valence-corrected chi connectivity index (χ1v) is 8.28. The molecule has 0 fully saturated rings. The van der Waals surface area contributed by atoms with E-state index >= 15 is 0 Å². The Morgan fingerprint density at radius 2 is 1.58 bits per heavy atom. The number of halogens is 2. The van der Waals surface area contributed by atoms with Crippen LogP contribution in [0.1, 0.15) is 0 Å². The molecule has 3 aromatic rings. The summed E-state index contributed by atoms with van der Waals surface area (Å²) in [6.07, 6.45) is 0. The Balaban J connectivity index is 1.56. The Kier molecular flexibility index (Phi) is 5.10. The molecule has 0 bridgehead atoms. The molecule has 0 spiro atoms. The SMILES string of the molecule is Cn1c(SCCOc2ccc(F)cc2)nnc1-c1ccc(F)cc1. The van der Waals surface area contributed by atoms with Crippen molar-refractivity contribution in [3.8, 4) is 17.1 Å². The molecule has 24 heavy (non-hydrogen) atoms. The van der Waals surface area contributed by atoms with Crippen molar-refractivity contribution in [2.24, 2.45) is 7.05 Å². The maximum absolute atomic E-state index is 13.0. The highest BCUT2D eigenvalue weighted by Crippen LogP contribution is 2.23. The van der Waals surface area contributed by atoms with E-state index in [-0.39, 0.29) is 11.6 Å². The predicted octanol–water partition coefficient (Wildman–Crippen LogP) is 3.93. The third kappa shape index (κ3) is 3.91. The minimum absolute atomic E-state index is 0.284. The quantitative estimate of drug-likeness (QED) is 0.500. The van der Waals surface area contributed by atoms with Crippen molar-refractivity contribution in [1.82, 2.24) is 14.8 Å². The summed E-state index contributed by atoms with van der Waals surface area (Å²) in [4.78, 5) is 0. The van der Waals surface area contributed by atoms with Gasteiger partial charge in [0.25, 0.3) is 0 Å². The summed E-state index contributed by atoms with van der Waals surface area (Å²) in [7, 11) is 1.86. The summed E-state index contributed by atoms with van der Waals surface area (Å²) in [6.45, 7) is 0.467. The highest BCUT2D eigenvalue weighted by molar-refractivity contribution is 7.99. The molecule has 0 aliphatic carbocycles. The zero-order valence-corrected chi connectivity index (χ0v) is 13.8. The molecule has 0 aliphatic rings. The van der Waals surface area contributed by atoms with Crippen LogP contribution in [0.5, 0.6) is 5.75 Å². The maximum atomic E-state index is 13.0. The van der Waals surface area contributed by atoms with Crippen LogP contribution in [0.2, 0.25) is 0 Å². The van der Waals surface area contributed by atoms with E-state index in [0.29, 0.717) is 23.9 Å². The lowest BCUT2D eigenvalue weighted by atomic mass is 10.2. The van der Waals surface area contributed by atoms with Crippen LogP contribution in [0.15, 0.2) is 53.7 Å². The number of benzene rings is 2. The van der Waals surface area contributed by atoms with Gasteiger partial charge >= 0.3 is 0 Å². The van der Waals surface area contributed by atoms with Gasteiger partial charge in [-0.3, -0.25) is 0 Å². The largest absolute Gasteiger partial charge is 0.493 e. The van der Waals surface area contributed by atoms with E-state index in [9.17, 15) is 8.78 Å². The summed E-state index contributed by atoms with van der Waals surface area (Å²) < 4.78 is 33.2. The minimum atomic E-state index is -0.288. The molecule has 0 radical (unpaired) electrons. The van der Waals surface area contributed by atoms with Crippen LogP contribution in [-0.4, -0.2) is 27.1 Å². The van der Waals surface area contributed by atoms with E-state index in [1.54, 1.807) is 24.3 Å². The molecule has 0 amide bonds. The van der Waals surface area contributed by atoms with Crippen molar-refractivity contribution in [2.75, 3.05) is 12.4 Å². The normalized spacial score (nSPS) is 10.8. The molecule has 0 atom stereocenters. The lowest BCUT2D eigenvalue weighted by Crippen LogP contribution is -2.02. The standard InChI is InChI=1S/C17H15F2N3OS/c1-22-16(12-2-4-13(18)5-3-12)20-21-17(22)24-11-10-23-15-8-6-14(19)7-9-15/h2-9H,10-11H2,1H3. The van der Waals surface area contributed by atoms with Crippen molar-refractivity contribution in [1.29, 1.82) is 0 Å². The first-order chi connectivity index (χ1) is 11.6. The van der Waals surface area contributed by atoms with Gasteiger partial charge in [-0.15, -0.1) is 10.2 Å². The molecule has 0 saturated heterocycles. The van der Waals surface area contributed by atoms with Crippen molar-refractivity contribution < 1.29 is 13.5 Å². The highest BCUT2D eigenvalue weighted by atomic mass is 32.2. The highest BCUT2D eigenvalue weighted by Gasteiger charge is 2.11. The molecular formula is C17H15F2N3OS. The first kappa shape index (κ1) is 16.4. The van der Waals surface area contributed by atoms with Gasteiger partial charge in [0, 0.05) is 18.4 Å². The average Bonchev–Trinajstić information content (AvgIpc) is 2.95. The third-order valence-electron chi connectivity index (χ3n) is 3.33. The zero-order chi connectivity index (χ0) is 16.9. The lowest BCUT2D eigenvalue weighted by molar-refractivity contribution is 0.343. The Bertz CT molecular complexity index is 804. The molecule has 1 heterocycles. The van der Waals surface area contributed by atoms with Crippen molar-refractivity contribution in [2.45, 2.75) is 5.16 Å². The summed E-state index contributed by atoms with van der Waals surface area (Å²) in [6, 6.07) is 12.0. The monoisotopic (exact) mass is 347 g/mol. The Morgan fingerprint density at radius 1 is 0.958 bits per heavy atom. The van der Waals surface area contributed by atoms with Crippen molar-refractivity contribution in [3.05, 3.63) is 60.2 Å². The number of rotatable bonds is 6. The second kappa shape index (κ2) is 7.44. The Morgan fingerprint density at radius 3 is 2.25 bits per heavy atom. The van der Waals surface area contributed by atoms with Gasteiger partial charge in [0.1, 0.15) is 17.4 Å². The van der Waals surface area contributed by atoms with E-state index in [2.05, 4.69) is 10.2 Å². The van der Waals surface area contributed by atoms with Crippen LogP contribution in [0.25, 0.3) is 11.4 Å². The lowest BCUT2D eigenvalue weighted by Gasteiger charge is -2.06. The summed E-state index contributed by atoms with van der Waals surface area (Å²) in [5.41, 5.74) is 0.806. The van der Waals surface area contributed by atoms with Crippen molar-refractivity contribution in [3.63, 3.8) is 0 Å². The predicted molar refractivity (Wildman–Crippen MR) is 89.0 cm³/mol. The topological polar surface area (TPSA) is 39.9 Å². The number of nitrogens with zero attached hydrogens (tertiary/aromatic N) is 3. The van der Waals surface area contributed by atoms with Gasteiger partial charge in [0.15, 0.2) is 11.0 Å². The molecule has 7 heteroatoms. The summed E-state index contributed by atoms with van der Waals surface area (Å²) in [5.74, 6) is 1.41. The fourth-order valence-electron chi connectivity index (χ4n) is 2.11. The zero-order valence-electron chi connectivity index (χ0n) is 12.9. The van der Waals surface area contributed by atoms with E-state index in [1.807, 2.05) is 11.6 Å². The van der Waals surface area contributed by atoms with E-state index < -0.39 is 0 Å². The summed E-state index contributed by atoms with van der Waals surface area (Å²) >= 11 is 1.50. The number of ether oxygens (including phenoxy) is 1. The molecule has 2 aromatic carbocycles. The number of thioether (sulfide) groups is 1. The van der Waals surface area contributed by atoms with E-state index in [4.69, 9.17) is 4.74 Å². The van der Waals surface area contributed by atoms with Gasteiger partial charge in [-0.25, -0.2) is 8.78 Å². The molecule has 3 rings (SSSR count). The Labute approximate surface area is 142 Å². The number of aromatic nitrogens is 3. The minimum Gasteiger partial charge on any atom is -0.493 e. The molecule has 124 valence electrons. The van der Waals surface area contributed by atoms with Crippen LogP contribution < -0.4 is 4.74 Å². The van der Waals surface area contributed by atoms with Crippen LogP contribution in [0, 0.1) is 11.6 Å². The van der Waals surface area contributed by atoms with E-state index in [1.165, 1.54) is 36.0 Å². The van der Waals surface area contributed by atoms with Gasteiger partial charge in [-0.2, -0.15) is 0 Å². The molecular weight excluding hydrogens is 332 g/mol. The second-order valence-corrected chi connectivity index (χ2v) is 6.09. The smallest absolute Gasteiger partial charge is 0.191 e. The molecule has 4 nitrogen and oxygen atoms in total. The molecule has 0 saturated carbocycles. The van der Waals surface area contributed by atoms with Gasteiger partial charge < -0.3 is 9.30 Å². The van der Waals surface area contributed by atoms with Crippen LogP contribution in [-0.2, 0) is 7.05 Å². The molecule has 0 N–H and O–H groups in total. The van der Waals surface area contributed by atoms with Crippen molar-refractivity contribution >= 4 is 11.8 Å². The van der Waals surface area contributed by atoms with Gasteiger partial charge in [0.05, 0.1) is 6.61 Å². The fraction of sp³-hybridized carbons (Fsp3) is 0.176. The van der Waals surface area contributed by atoms with Crippen LogP contribution in [0.3, 0.4) is 0 Å². The van der Waals surface area contributed by atoms with Crippen LogP contribution in [0.4, 0.5) is 8.78 Å². The fourth-order valence-corrected chi connectivity index (χ4v) is 2.84.